The average Bonchev–Trinajstić information content (AvgIpc) is 2.22. The first kappa shape index (κ1) is 10.7. The summed E-state index contributed by atoms with van der Waals surface area (Å²) in [6.07, 6.45) is 0. The number of rotatable bonds is 4. The molecule has 0 amide bonds. The smallest absolute Gasteiger partial charge is 0.343 e. The van der Waals surface area contributed by atoms with Crippen molar-refractivity contribution in [3.8, 4) is 0 Å². The van der Waals surface area contributed by atoms with Crippen LogP contribution in [0.4, 0.5) is 4.39 Å². The number of carboxylic acid groups (broad SMARTS) is 1. The molecule has 76 valence electrons. The Bertz CT molecular complexity index is 306. The van der Waals surface area contributed by atoms with Crippen LogP contribution in [0.2, 0.25) is 0 Å². The minimum absolute atomic E-state index is 0.303. The summed E-state index contributed by atoms with van der Waals surface area (Å²) >= 11 is 0. The van der Waals surface area contributed by atoms with Crippen LogP contribution >= 0.6 is 0 Å². The van der Waals surface area contributed by atoms with Crippen molar-refractivity contribution in [2.75, 3.05) is 13.8 Å². The van der Waals surface area contributed by atoms with Gasteiger partial charge in [0.05, 0.1) is 0 Å². The largest absolute Gasteiger partial charge is 0.479 e. The molecule has 1 unspecified atom stereocenters. The number of halogens is 1. The number of aliphatic carboxylic acids is 1. The van der Waals surface area contributed by atoms with Gasteiger partial charge in [-0.3, -0.25) is 0 Å². The Hall–Kier alpha value is -1.42. The fourth-order valence-electron chi connectivity index (χ4n) is 1.22. The molecule has 0 aliphatic heterocycles. The van der Waals surface area contributed by atoms with E-state index < -0.39 is 18.2 Å². The van der Waals surface area contributed by atoms with E-state index in [0.29, 0.717) is 5.56 Å². The topological polar surface area (TPSA) is 46.5 Å². The average molecular weight is 198 g/mol. The van der Waals surface area contributed by atoms with E-state index in [-0.39, 0.29) is 0 Å². The van der Waals surface area contributed by atoms with Gasteiger partial charge in [-0.2, -0.15) is 0 Å². The Morgan fingerprint density at radius 3 is 2.43 bits per heavy atom. The highest BCUT2D eigenvalue weighted by Crippen LogP contribution is 2.25. The molecule has 0 spiro atoms. The van der Waals surface area contributed by atoms with E-state index in [0.717, 1.165) is 0 Å². The molecule has 14 heavy (non-hydrogen) atoms. The van der Waals surface area contributed by atoms with E-state index in [1.807, 2.05) is 0 Å². The van der Waals surface area contributed by atoms with Crippen molar-refractivity contribution in [2.45, 2.75) is 5.60 Å². The maximum Gasteiger partial charge on any atom is 0.343 e. The Morgan fingerprint density at radius 1 is 1.50 bits per heavy atom. The molecule has 0 bridgehead atoms. The lowest BCUT2D eigenvalue weighted by Gasteiger charge is -2.24. The van der Waals surface area contributed by atoms with E-state index in [1.165, 1.54) is 19.2 Å². The Morgan fingerprint density at radius 2 is 2.07 bits per heavy atom. The Labute approximate surface area is 81.1 Å². The van der Waals surface area contributed by atoms with E-state index in [9.17, 15) is 9.18 Å². The van der Waals surface area contributed by atoms with Gasteiger partial charge in [0.1, 0.15) is 6.67 Å². The highest BCUT2D eigenvalue weighted by atomic mass is 19.1. The van der Waals surface area contributed by atoms with Crippen molar-refractivity contribution in [1.29, 1.82) is 0 Å². The Balaban J connectivity index is 3.18. The van der Waals surface area contributed by atoms with Gasteiger partial charge in [-0.1, -0.05) is 30.3 Å². The van der Waals surface area contributed by atoms with Gasteiger partial charge in [0, 0.05) is 7.11 Å². The van der Waals surface area contributed by atoms with Crippen LogP contribution in [0.3, 0.4) is 0 Å². The van der Waals surface area contributed by atoms with Crippen molar-refractivity contribution in [2.24, 2.45) is 0 Å². The van der Waals surface area contributed by atoms with Gasteiger partial charge in [-0.15, -0.1) is 0 Å². The molecule has 0 saturated heterocycles. The molecular weight excluding hydrogens is 187 g/mol. The number of ether oxygens (including phenoxy) is 1. The van der Waals surface area contributed by atoms with Crippen LogP contribution in [0.15, 0.2) is 30.3 Å². The number of benzene rings is 1. The summed E-state index contributed by atoms with van der Waals surface area (Å²) < 4.78 is 17.5. The lowest BCUT2D eigenvalue weighted by Crippen LogP contribution is -2.39. The molecule has 3 nitrogen and oxygen atoms in total. The monoisotopic (exact) mass is 198 g/mol. The van der Waals surface area contributed by atoms with E-state index in [4.69, 9.17) is 9.84 Å². The van der Waals surface area contributed by atoms with Crippen molar-refractivity contribution < 1.29 is 19.0 Å². The fraction of sp³-hybridized carbons (Fsp3) is 0.300. The van der Waals surface area contributed by atoms with Crippen LogP contribution in [0, 0.1) is 0 Å². The maximum atomic E-state index is 12.7. The molecule has 0 aliphatic carbocycles. The zero-order chi connectivity index (χ0) is 10.6. The van der Waals surface area contributed by atoms with E-state index >= 15 is 0 Å². The molecule has 1 N–H and O–H groups in total. The molecule has 0 heterocycles. The highest BCUT2D eigenvalue weighted by Gasteiger charge is 2.40. The standard InChI is InChI=1S/C10H11FO3/c1-14-10(7-11,9(12)13)8-5-3-2-4-6-8/h2-6H,7H2,1H3,(H,12,13). The zero-order valence-electron chi connectivity index (χ0n) is 7.74. The number of carbonyl (C=O) groups is 1. The quantitative estimate of drug-likeness (QED) is 0.799. The van der Waals surface area contributed by atoms with Gasteiger partial charge >= 0.3 is 5.97 Å². The van der Waals surface area contributed by atoms with Crippen LogP contribution in [0.25, 0.3) is 0 Å². The molecule has 0 saturated carbocycles. The van der Waals surface area contributed by atoms with Gasteiger partial charge in [0.2, 0.25) is 5.60 Å². The third-order valence-electron chi connectivity index (χ3n) is 2.12. The second kappa shape index (κ2) is 4.19. The molecule has 0 fully saturated rings. The molecule has 4 heteroatoms. The molecule has 0 radical (unpaired) electrons. The molecule has 0 aromatic heterocycles. The molecular formula is C10H11FO3. The third kappa shape index (κ3) is 1.61. The Kier molecular flexibility index (Phi) is 3.19. The van der Waals surface area contributed by atoms with Crippen LogP contribution < -0.4 is 0 Å². The minimum atomic E-state index is -1.87. The molecule has 1 rings (SSSR count). The predicted molar refractivity (Wildman–Crippen MR) is 48.7 cm³/mol. The van der Waals surface area contributed by atoms with Crippen molar-refractivity contribution >= 4 is 5.97 Å². The third-order valence-corrected chi connectivity index (χ3v) is 2.12. The second-order valence-corrected chi connectivity index (χ2v) is 2.84. The maximum absolute atomic E-state index is 12.7. The van der Waals surface area contributed by atoms with Crippen LogP contribution in [0.1, 0.15) is 5.56 Å². The molecule has 1 atom stereocenters. The van der Waals surface area contributed by atoms with Crippen molar-refractivity contribution in [3.05, 3.63) is 35.9 Å². The molecule has 1 aromatic carbocycles. The van der Waals surface area contributed by atoms with Gasteiger partial charge < -0.3 is 9.84 Å². The van der Waals surface area contributed by atoms with Gasteiger partial charge in [-0.05, 0) is 5.56 Å². The number of methoxy groups -OCH3 is 1. The SMILES string of the molecule is COC(CF)(C(=O)O)c1ccccc1. The first-order valence-corrected chi connectivity index (χ1v) is 4.07. The van der Waals surface area contributed by atoms with E-state index in [2.05, 4.69) is 0 Å². The first-order chi connectivity index (χ1) is 6.67. The second-order valence-electron chi connectivity index (χ2n) is 2.84. The number of hydrogen-bond donors (Lipinski definition) is 1. The number of carboxylic acids is 1. The van der Waals surface area contributed by atoms with Crippen LogP contribution in [-0.4, -0.2) is 24.9 Å². The summed E-state index contributed by atoms with van der Waals surface area (Å²) in [7, 11) is 1.18. The summed E-state index contributed by atoms with van der Waals surface area (Å²) in [6, 6.07) is 8.06. The lowest BCUT2D eigenvalue weighted by molar-refractivity contribution is -0.166. The zero-order valence-corrected chi connectivity index (χ0v) is 7.74. The van der Waals surface area contributed by atoms with E-state index in [1.54, 1.807) is 18.2 Å². The van der Waals surface area contributed by atoms with Gasteiger partial charge in [0.25, 0.3) is 0 Å². The van der Waals surface area contributed by atoms with Crippen molar-refractivity contribution in [1.82, 2.24) is 0 Å². The summed E-state index contributed by atoms with van der Waals surface area (Å²) in [6.45, 7) is -1.09. The van der Waals surface area contributed by atoms with Gasteiger partial charge in [-0.25, -0.2) is 9.18 Å². The van der Waals surface area contributed by atoms with Gasteiger partial charge in [0.15, 0.2) is 0 Å². The summed E-state index contributed by atoms with van der Waals surface area (Å²) in [5.41, 5.74) is -1.57. The highest BCUT2D eigenvalue weighted by molar-refractivity contribution is 5.79. The predicted octanol–water partition coefficient (Wildman–Crippen LogP) is 1.58. The van der Waals surface area contributed by atoms with Crippen LogP contribution in [-0.2, 0) is 15.1 Å². The van der Waals surface area contributed by atoms with Crippen LogP contribution in [0.5, 0.6) is 0 Å². The summed E-state index contributed by atoms with van der Waals surface area (Å²) in [5.74, 6) is -1.33. The number of hydrogen-bond acceptors (Lipinski definition) is 2. The van der Waals surface area contributed by atoms with Crippen molar-refractivity contribution in [3.63, 3.8) is 0 Å². The fourth-order valence-corrected chi connectivity index (χ4v) is 1.22. The normalized spacial score (nSPS) is 14.7. The number of alkyl halides is 1. The molecule has 1 aromatic rings. The minimum Gasteiger partial charge on any atom is -0.479 e. The summed E-state index contributed by atoms with van der Waals surface area (Å²) in [5, 5.41) is 8.91. The lowest BCUT2D eigenvalue weighted by atomic mass is 9.95. The summed E-state index contributed by atoms with van der Waals surface area (Å²) in [4.78, 5) is 10.9. The first-order valence-electron chi connectivity index (χ1n) is 4.07. The molecule has 0 aliphatic rings.